The van der Waals surface area contributed by atoms with Crippen molar-refractivity contribution in [3.05, 3.63) is 47.0 Å². The van der Waals surface area contributed by atoms with E-state index < -0.39 is 0 Å². The monoisotopic (exact) mass is 293 g/mol. The molecule has 0 saturated heterocycles. The fraction of sp³-hybridized carbons (Fsp3) is 0.231. The van der Waals surface area contributed by atoms with E-state index >= 15 is 0 Å². The van der Waals surface area contributed by atoms with Gasteiger partial charge in [-0.2, -0.15) is 0 Å². The molecule has 0 saturated carbocycles. The summed E-state index contributed by atoms with van der Waals surface area (Å²) in [6, 6.07) is 10.0. The lowest BCUT2D eigenvalue weighted by Gasteiger charge is -2.14. The van der Waals surface area contributed by atoms with Gasteiger partial charge in [-0.1, -0.05) is 47.2 Å². The topological polar surface area (TPSA) is 71.5 Å². The minimum absolute atomic E-state index is 0.0997. The molecule has 1 atom stereocenters. The van der Waals surface area contributed by atoms with Crippen LogP contribution in [0.2, 0.25) is 0 Å². The van der Waals surface area contributed by atoms with E-state index in [0.717, 1.165) is 15.6 Å². The van der Waals surface area contributed by atoms with Crippen molar-refractivity contribution in [1.82, 2.24) is 4.98 Å². The molecular weight excluding hydrogens is 278 g/mol. The molecule has 0 spiro atoms. The maximum Gasteiger partial charge on any atom is 0.150 e. The van der Waals surface area contributed by atoms with Crippen LogP contribution in [0, 0.1) is 6.92 Å². The van der Waals surface area contributed by atoms with Crippen molar-refractivity contribution in [1.29, 1.82) is 0 Å². The summed E-state index contributed by atoms with van der Waals surface area (Å²) in [6.45, 7) is 1.97. The molecule has 0 aliphatic heterocycles. The van der Waals surface area contributed by atoms with Crippen LogP contribution in [-0.4, -0.2) is 16.0 Å². The molecule has 3 N–H and O–H groups in total. The zero-order chi connectivity index (χ0) is 13.7. The molecule has 19 heavy (non-hydrogen) atoms. The normalized spacial score (nSPS) is 13.4. The van der Waals surface area contributed by atoms with Crippen LogP contribution in [0.1, 0.15) is 22.9 Å². The van der Waals surface area contributed by atoms with Crippen LogP contribution in [0.25, 0.3) is 0 Å². The van der Waals surface area contributed by atoms with Crippen molar-refractivity contribution in [2.75, 3.05) is 0 Å². The van der Waals surface area contributed by atoms with E-state index in [0.29, 0.717) is 6.42 Å². The van der Waals surface area contributed by atoms with Crippen molar-refractivity contribution < 1.29 is 5.21 Å². The van der Waals surface area contributed by atoms with Gasteiger partial charge in [-0.15, -0.1) is 11.3 Å². The number of nitrogens with zero attached hydrogens (tertiary/aromatic N) is 2. The van der Waals surface area contributed by atoms with Crippen LogP contribution < -0.4 is 5.73 Å². The predicted octanol–water partition coefficient (Wildman–Crippen LogP) is 3.42. The summed E-state index contributed by atoms with van der Waals surface area (Å²) in [5, 5.41) is 13.9. The Bertz CT molecular complexity index is 554. The van der Waals surface area contributed by atoms with Gasteiger partial charge >= 0.3 is 0 Å². The lowest BCUT2D eigenvalue weighted by atomic mass is 10.1. The van der Waals surface area contributed by atoms with Gasteiger partial charge in [-0.25, -0.2) is 4.98 Å². The Kier molecular flexibility index (Phi) is 4.81. The molecule has 2 rings (SSSR count). The van der Waals surface area contributed by atoms with E-state index in [1.165, 1.54) is 0 Å². The molecule has 4 nitrogen and oxygen atoms in total. The Hall–Kier alpha value is -1.53. The summed E-state index contributed by atoms with van der Waals surface area (Å²) >= 11 is 3.26. The van der Waals surface area contributed by atoms with Crippen LogP contribution in [0.3, 0.4) is 0 Å². The van der Waals surface area contributed by atoms with Crippen LogP contribution in [0.15, 0.2) is 45.2 Å². The van der Waals surface area contributed by atoms with Crippen LogP contribution in [0.5, 0.6) is 0 Å². The Labute approximate surface area is 120 Å². The molecule has 100 valence electrons. The van der Waals surface area contributed by atoms with Gasteiger partial charge in [0, 0.05) is 22.7 Å². The first-order chi connectivity index (χ1) is 9.19. The van der Waals surface area contributed by atoms with Gasteiger partial charge in [0.25, 0.3) is 0 Å². The number of hydrogen-bond acceptors (Lipinski definition) is 5. The summed E-state index contributed by atoms with van der Waals surface area (Å²) in [6.07, 6.45) is 0.490. The molecule has 0 aliphatic carbocycles. The van der Waals surface area contributed by atoms with Crippen LogP contribution >= 0.6 is 23.1 Å². The highest BCUT2D eigenvalue weighted by atomic mass is 32.2. The van der Waals surface area contributed by atoms with E-state index in [4.69, 9.17) is 10.9 Å². The number of rotatable bonds is 5. The van der Waals surface area contributed by atoms with E-state index in [-0.39, 0.29) is 11.1 Å². The number of amidine groups is 1. The minimum atomic E-state index is 0.0997. The second-order valence-corrected chi connectivity index (χ2v) is 6.38. The van der Waals surface area contributed by atoms with E-state index in [1.807, 2.05) is 42.6 Å². The summed E-state index contributed by atoms with van der Waals surface area (Å²) in [7, 11) is 0. The lowest BCUT2D eigenvalue weighted by molar-refractivity contribution is 0.317. The zero-order valence-corrected chi connectivity index (χ0v) is 12.1. The van der Waals surface area contributed by atoms with Gasteiger partial charge in [-0.05, 0) is 12.5 Å². The quantitative estimate of drug-likeness (QED) is 0.291. The molecule has 1 heterocycles. The molecule has 6 heteroatoms. The molecule has 0 amide bonds. The molecular formula is C13H15N3OS2. The highest BCUT2D eigenvalue weighted by Gasteiger charge is 2.17. The van der Waals surface area contributed by atoms with Crippen molar-refractivity contribution in [2.45, 2.75) is 22.9 Å². The number of hydrogen-bond donors (Lipinski definition) is 2. The predicted molar refractivity (Wildman–Crippen MR) is 79.9 cm³/mol. The number of thiazole rings is 1. The molecule has 0 bridgehead atoms. The van der Waals surface area contributed by atoms with Crippen LogP contribution in [0.4, 0.5) is 0 Å². The first kappa shape index (κ1) is 13.9. The van der Waals surface area contributed by atoms with Gasteiger partial charge < -0.3 is 10.9 Å². The Morgan fingerprint density at radius 2 is 2.21 bits per heavy atom. The minimum Gasteiger partial charge on any atom is -0.409 e. The van der Waals surface area contributed by atoms with Gasteiger partial charge in [-0.3, -0.25) is 0 Å². The maximum absolute atomic E-state index is 8.74. The van der Waals surface area contributed by atoms with Gasteiger partial charge in [0.15, 0.2) is 4.34 Å². The first-order valence-corrected chi connectivity index (χ1v) is 7.55. The average molecular weight is 293 g/mol. The fourth-order valence-electron chi connectivity index (χ4n) is 1.63. The molecule has 0 radical (unpaired) electrons. The van der Waals surface area contributed by atoms with Gasteiger partial charge in [0.1, 0.15) is 5.84 Å². The molecule has 0 aliphatic rings. The second-order valence-electron chi connectivity index (χ2n) is 4.07. The molecule has 0 fully saturated rings. The summed E-state index contributed by atoms with van der Waals surface area (Å²) in [5.41, 5.74) is 7.80. The highest BCUT2D eigenvalue weighted by Crippen LogP contribution is 2.38. The largest absolute Gasteiger partial charge is 0.409 e. The van der Waals surface area contributed by atoms with Gasteiger partial charge in [0.2, 0.25) is 0 Å². The number of aromatic nitrogens is 1. The number of thioether (sulfide) groups is 1. The zero-order valence-electron chi connectivity index (χ0n) is 10.5. The molecule has 1 aromatic heterocycles. The molecule has 1 aromatic carbocycles. The smallest absolute Gasteiger partial charge is 0.150 e. The summed E-state index contributed by atoms with van der Waals surface area (Å²) in [4.78, 5) is 4.45. The summed E-state index contributed by atoms with van der Waals surface area (Å²) < 4.78 is 0.997. The number of oxime groups is 1. The SMILES string of the molecule is Cc1csc(SC(CC(N)=NO)c2ccccc2)n1. The van der Waals surface area contributed by atoms with Crippen molar-refractivity contribution in [3.63, 3.8) is 0 Å². The van der Waals surface area contributed by atoms with E-state index in [1.54, 1.807) is 23.1 Å². The second kappa shape index (κ2) is 6.58. The first-order valence-electron chi connectivity index (χ1n) is 5.79. The third-order valence-electron chi connectivity index (χ3n) is 2.54. The van der Waals surface area contributed by atoms with Crippen LogP contribution in [-0.2, 0) is 0 Å². The van der Waals surface area contributed by atoms with Gasteiger partial charge in [0.05, 0.1) is 0 Å². The van der Waals surface area contributed by atoms with Crippen molar-refractivity contribution in [3.8, 4) is 0 Å². The number of nitrogens with two attached hydrogens (primary N) is 1. The molecule has 2 aromatic rings. The third-order valence-corrected chi connectivity index (χ3v) is 4.88. The Balaban J connectivity index is 2.19. The van der Waals surface area contributed by atoms with Crippen molar-refractivity contribution in [2.24, 2.45) is 10.9 Å². The third kappa shape index (κ3) is 3.97. The van der Waals surface area contributed by atoms with Crippen molar-refractivity contribution >= 4 is 28.9 Å². The number of aryl methyl sites for hydroxylation is 1. The Morgan fingerprint density at radius 3 is 2.79 bits per heavy atom. The fourth-order valence-corrected chi connectivity index (χ4v) is 3.86. The average Bonchev–Trinajstić information content (AvgIpc) is 2.84. The lowest BCUT2D eigenvalue weighted by Crippen LogP contribution is -2.14. The molecule has 1 unspecified atom stereocenters. The van der Waals surface area contributed by atoms with E-state index in [9.17, 15) is 0 Å². The highest BCUT2D eigenvalue weighted by molar-refractivity contribution is 8.01. The Morgan fingerprint density at radius 1 is 1.47 bits per heavy atom. The standard InChI is InChI=1S/C13H15N3OS2/c1-9-8-18-13(15-9)19-11(7-12(14)16-17)10-5-3-2-4-6-10/h2-6,8,11,17H,7H2,1H3,(H2,14,16). The maximum atomic E-state index is 8.74. The van der Waals surface area contributed by atoms with E-state index in [2.05, 4.69) is 10.1 Å². The summed E-state index contributed by atoms with van der Waals surface area (Å²) in [5.74, 6) is 0.231. The number of benzene rings is 1.